The van der Waals surface area contributed by atoms with Crippen molar-refractivity contribution in [2.45, 2.75) is 40.2 Å². The van der Waals surface area contributed by atoms with Crippen molar-refractivity contribution < 1.29 is 4.79 Å². The van der Waals surface area contributed by atoms with Crippen LogP contribution in [0.4, 0.5) is 0 Å². The smallest absolute Gasteiger partial charge is 0.223 e. The van der Waals surface area contributed by atoms with Crippen molar-refractivity contribution in [2.24, 2.45) is 18.9 Å². The second kappa shape index (κ2) is 4.17. The molecule has 1 N–H and O–H groups in total. The number of hydrogen-bond donors (Lipinski definition) is 1. The number of amides is 1. The number of aromatic nitrogens is 2. The van der Waals surface area contributed by atoms with Gasteiger partial charge in [-0.15, -0.1) is 0 Å². The molecule has 0 spiro atoms. The van der Waals surface area contributed by atoms with E-state index in [1.54, 1.807) is 0 Å². The Balaban J connectivity index is 2.09. The zero-order chi connectivity index (χ0) is 12.7. The van der Waals surface area contributed by atoms with Gasteiger partial charge in [-0.25, -0.2) is 0 Å². The van der Waals surface area contributed by atoms with E-state index in [1.165, 1.54) is 0 Å². The van der Waals surface area contributed by atoms with E-state index in [0.29, 0.717) is 5.92 Å². The predicted octanol–water partition coefficient (Wildman–Crippen LogP) is 1.87. The summed E-state index contributed by atoms with van der Waals surface area (Å²) in [6.45, 7) is 8.18. The van der Waals surface area contributed by atoms with Gasteiger partial charge in [0.1, 0.15) is 0 Å². The summed E-state index contributed by atoms with van der Waals surface area (Å²) in [7, 11) is 1.93. The zero-order valence-corrected chi connectivity index (χ0v) is 11.2. The second-order valence-electron chi connectivity index (χ2n) is 5.26. The van der Waals surface area contributed by atoms with Gasteiger partial charge in [-0.1, -0.05) is 6.92 Å². The second-order valence-corrected chi connectivity index (χ2v) is 5.26. The standard InChI is InChI=1S/C13H21N3O/c1-7-6-11(7)13(17)14-8(2)12-9(3)15-16(5)10(12)4/h7-8,11H,6H2,1-5H3,(H,14,17)/t7-,8-,11-/m0/s1. The van der Waals surface area contributed by atoms with Gasteiger partial charge in [0, 0.05) is 24.2 Å². The number of carbonyl (C=O) groups is 1. The van der Waals surface area contributed by atoms with Gasteiger partial charge in [-0.2, -0.15) is 5.10 Å². The highest BCUT2D eigenvalue weighted by Crippen LogP contribution is 2.38. The summed E-state index contributed by atoms with van der Waals surface area (Å²) in [5.41, 5.74) is 3.27. The molecule has 1 fully saturated rings. The quantitative estimate of drug-likeness (QED) is 0.869. The molecule has 0 bridgehead atoms. The first kappa shape index (κ1) is 12.1. The van der Waals surface area contributed by atoms with Gasteiger partial charge in [0.25, 0.3) is 0 Å². The van der Waals surface area contributed by atoms with Gasteiger partial charge in [-0.05, 0) is 33.1 Å². The van der Waals surface area contributed by atoms with Crippen LogP contribution in [0.2, 0.25) is 0 Å². The van der Waals surface area contributed by atoms with Crippen molar-refractivity contribution in [3.8, 4) is 0 Å². The third-order valence-electron chi connectivity index (χ3n) is 3.80. The number of rotatable bonds is 3. The number of nitrogens with one attached hydrogen (secondary N) is 1. The molecule has 4 nitrogen and oxygen atoms in total. The average Bonchev–Trinajstić information content (AvgIpc) is 2.89. The van der Waals surface area contributed by atoms with E-state index in [1.807, 2.05) is 32.5 Å². The largest absolute Gasteiger partial charge is 0.349 e. The Bertz CT molecular complexity index is 450. The molecule has 1 saturated carbocycles. The van der Waals surface area contributed by atoms with Gasteiger partial charge in [0.05, 0.1) is 11.7 Å². The maximum absolute atomic E-state index is 11.9. The summed E-state index contributed by atoms with van der Waals surface area (Å²) >= 11 is 0. The van der Waals surface area contributed by atoms with E-state index in [9.17, 15) is 4.79 Å². The molecule has 94 valence electrons. The molecule has 3 atom stereocenters. The van der Waals surface area contributed by atoms with E-state index in [4.69, 9.17) is 0 Å². The lowest BCUT2D eigenvalue weighted by Crippen LogP contribution is -2.29. The first-order valence-electron chi connectivity index (χ1n) is 6.22. The van der Waals surface area contributed by atoms with Crippen LogP contribution in [0.5, 0.6) is 0 Å². The Kier molecular flexibility index (Phi) is 2.98. The number of nitrogens with zero attached hydrogens (tertiary/aromatic N) is 2. The SMILES string of the molecule is Cc1nn(C)c(C)c1[C@H](C)NC(=O)[C@H]1C[C@@H]1C. The Morgan fingerprint density at radius 3 is 2.53 bits per heavy atom. The van der Waals surface area contributed by atoms with Crippen LogP contribution in [0, 0.1) is 25.7 Å². The molecule has 1 aliphatic rings. The molecule has 0 aromatic carbocycles. The van der Waals surface area contributed by atoms with Crippen LogP contribution < -0.4 is 5.32 Å². The summed E-state index contributed by atoms with van der Waals surface area (Å²) in [4.78, 5) is 11.9. The highest BCUT2D eigenvalue weighted by Gasteiger charge is 2.39. The first-order valence-corrected chi connectivity index (χ1v) is 6.22. The molecule has 2 rings (SSSR count). The molecule has 0 aliphatic heterocycles. The Morgan fingerprint density at radius 2 is 2.12 bits per heavy atom. The summed E-state index contributed by atoms with van der Waals surface area (Å²) in [6, 6.07) is 0.0454. The highest BCUT2D eigenvalue weighted by atomic mass is 16.2. The van der Waals surface area contributed by atoms with Crippen molar-refractivity contribution in [2.75, 3.05) is 0 Å². The Morgan fingerprint density at radius 1 is 1.53 bits per heavy atom. The zero-order valence-electron chi connectivity index (χ0n) is 11.2. The highest BCUT2D eigenvalue weighted by molar-refractivity contribution is 5.81. The average molecular weight is 235 g/mol. The van der Waals surface area contributed by atoms with E-state index >= 15 is 0 Å². The van der Waals surface area contributed by atoms with Gasteiger partial charge >= 0.3 is 0 Å². The van der Waals surface area contributed by atoms with Crippen LogP contribution in [0.15, 0.2) is 0 Å². The Hall–Kier alpha value is -1.32. The van der Waals surface area contributed by atoms with Gasteiger partial charge in [0.2, 0.25) is 5.91 Å². The summed E-state index contributed by atoms with van der Waals surface area (Å²) in [6.07, 6.45) is 1.03. The first-order chi connectivity index (χ1) is 7.91. The van der Waals surface area contributed by atoms with Crippen molar-refractivity contribution in [1.82, 2.24) is 15.1 Å². The number of hydrogen-bond acceptors (Lipinski definition) is 2. The van der Waals surface area contributed by atoms with Crippen LogP contribution >= 0.6 is 0 Å². The van der Waals surface area contributed by atoms with E-state index in [2.05, 4.69) is 17.3 Å². The fourth-order valence-corrected chi connectivity index (χ4v) is 2.50. The maximum Gasteiger partial charge on any atom is 0.223 e. The summed E-state index contributed by atoms with van der Waals surface area (Å²) in [5, 5.41) is 7.47. The normalized spacial score (nSPS) is 24.5. The van der Waals surface area contributed by atoms with Crippen LogP contribution in [-0.2, 0) is 11.8 Å². The van der Waals surface area contributed by atoms with Crippen LogP contribution in [0.25, 0.3) is 0 Å². The maximum atomic E-state index is 11.9. The number of aryl methyl sites for hydroxylation is 2. The van der Waals surface area contributed by atoms with Crippen molar-refractivity contribution in [1.29, 1.82) is 0 Å². The third kappa shape index (κ3) is 2.21. The van der Waals surface area contributed by atoms with Crippen molar-refractivity contribution in [3.63, 3.8) is 0 Å². The lowest BCUT2D eigenvalue weighted by Gasteiger charge is -2.14. The van der Waals surface area contributed by atoms with Gasteiger partial charge in [0.15, 0.2) is 0 Å². The topological polar surface area (TPSA) is 46.9 Å². The minimum absolute atomic E-state index is 0.0454. The van der Waals surface area contributed by atoms with E-state index in [0.717, 1.165) is 23.4 Å². The van der Waals surface area contributed by atoms with Gasteiger partial charge in [-0.3, -0.25) is 9.48 Å². The number of carbonyl (C=O) groups excluding carboxylic acids is 1. The minimum Gasteiger partial charge on any atom is -0.349 e. The molecular weight excluding hydrogens is 214 g/mol. The lowest BCUT2D eigenvalue weighted by atomic mass is 10.1. The van der Waals surface area contributed by atoms with Gasteiger partial charge < -0.3 is 5.32 Å². The summed E-state index contributed by atoms with van der Waals surface area (Å²) in [5.74, 6) is 0.973. The molecule has 1 aromatic heterocycles. The Labute approximate surface area is 102 Å². The molecule has 17 heavy (non-hydrogen) atoms. The fraction of sp³-hybridized carbons (Fsp3) is 0.692. The summed E-state index contributed by atoms with van der Waals surface area (Å²) < 4.78 is 1.87. The minimum atomic E-state index is 0.0454. The van der Waals surface area contributed by atoms with Crippen LogP contribution in [-0.4, -0.2) is 15.7 Å². The van der Waals surface area contributed by atoms with Crippen LogP contribution in [0.3, 0.4) is 0 Å². The molecule has 1 aromatic rings. The molecule has 0 radical (unpaired) electrons. The van der Waals surface area contributed by atoms with E-state index < -0.39 is 0 Å². The monoisotopic (exact) mass is 235 g/mol. The van der Waals surface area contributed by atoms with E-state index in [-0.39, 0.29) is 17.9 Å². The molecule has 1 amide bonds. The third-order valence-corrected chi connectivity index (χ3v) is 3.80. The predicted molar refractivity (Wildman–Crippen MR) is 66.5 cm³/mol. The molecule has 0 unspecified atom stereocenters. The lowest BCUT2D eigenvalue weighted by molar-refractivity contribution is -0.123. The van der Waals surface area contributed by atoms with Crippen molar-refractivity contribution in [3.05, 3.63) is 17.0 Å². The van der Waals surface area contributed by atoms with Crippen molar-refractivity contribution >= 4 is 5.91 Å². The fourth-order valence-electron chi connectivity index (χ4n) is 2.50. The van der Waals surface area contributed by atoms with Crippen LogP contribution in [0.1, 0.15) is 43.3 Å². The molecule has 1 aliphatic carbocycles. The molecule has 0 saturated heterocycles. The molecule has 1 heterocycles. The molecular formula is C13H21N3O. The molecule has 4 heteroatoms.